The Bertz CT molecular complexity index is 427. The van der Waals surface area contributed by atoms with Gasteiger partial charge in [0.05, 0.1) is 0 Å². The largest absolute Gasteiger partial charge is 0.313 e. The molecule has 0 atom stereocenters. The van der Waals surface area contributed by atoms with Gasteiger partial charge in [-0.15, -0.1) is 0 Å². The molecule has 0 heterocycles. The Morgan fingerprint density at radius 2 is 1.72 bits per heavy atom. The fraction of sp³-hybridized carbons (Fsp3) is 0.529. The van der Waals surface area contributed by atoms with Crippen LogP contribution in [-0.2, 0) is 0 Å². The van der Waals surface area contributed by atoms with Crippen molar-refractivity contribution in [3.63, 3.8) is 0 Å². The van der Waals surface area contributed by atoms with E-state index in [0.717, 1.165) is 13.1 Å². The molecule has 0 aliphatic rings. The van der Waals surface area contributed by atoms with Crippen molar-refractivity contribution in [3.05, 3.63) is 40.0 Å². The molecule has 1 aromatic carbocycles. The van der Waals surface area contributed by atoms with Gasteiger partial charge in [0.25, 0.3) is 0 Å². The van der Waals surface area contributed by atoms with Crippen LogP contribution in [0.25, 0.3) is 6.08 Å². The molecule has 1 aromatic rings. The minimum absolute atomic E-state index is 0.588. The number of aryl methyl sites for hydroxylation is 3. The first-order chi connectivity index (χ1) is 8.45. The fourth-order valence-electron chi connectivity index (χ4n) is 2.03. The molecule has 18 heavy (non-hydrogen) atoms. The number of hydrogen-bond acceptors (Lipinski definition) is 1. The molecule has 0 saturated carbocycles. The third-order valence-corrected chi connectivity index (χ3v) is 3.54. The Kier molecular flexibility index (Phi) is 5.61. The van der Waals surface area contributed by atoms with Crippen LogP contribution in [0.2, 0.25) is 0 Å². The van der Waals surface area contributed by atoms with E-state index in [1.165, 1.54) is 27.8 Å². The summed E-state index contributed by atoms with van der Waals surface area (Å²) in [6.07, 6.45) is 2.36. The number of hydrogen-bond donors (Lipinski definition) is 1. The molecular formula is C17H27N. The van der Waals surface area contributed by atoms with Gasteiger partial charge in [-0.3, -0.25) is 0 Å². The summed E-state index contributed by atoms with van der Waals surface area (Å²) in [5, 5.41) is 3.43. The van der Waals surface area contributed by atoms with Gasteiger partial charge in [-0.05, 0) is 55.5 Å². The molecule has 1 rings (SSSR count). The normalized spacial score (nSPS) is 12.3. The van der Waals surface area contributed by atoms with E-state index in [4.69, 9.17) is 0 Å². The monoisotopic (exact) mass is 245 g/mol. The zero-order valence-electron chi connectivity index (χ0n) is 12.7. The SMILES string of the molecule is CCNCC(=Cc1cc(C)c(C)cc1C)C(C)C. The molecule has 0 radical (unpaired) electrons. The van der Waals surface area contributed by atoms with Gasteiger partial charge in [-0.1, -0.05) is 44.6 Å². The first-order valence-corrected chi connectivity index (χ1v) is 6.94. The minimum Gasteiger partial charge on any atom is -0.313 e. The topological polar surface area (TPSA) is 12.0 Å². The summed E-state index contributed by atoms with van der Waals surface area (Å²) in [5.41, 5.74) is 6.96. The average Bonchev–Trinajstić information content (AvgIpc) is 2.30. The van der Waals surface area contributed by atoms with E-state index in [1.54, 1.807) is 0 Å². The molecule has 0 unspecified atom stereocenters. The standard InChI is InChI=1S/C17H27N/c1-7-18-11-17(12(2)3)10-16-9-14(5)13(4)8-15(16)6/h8-10,12,18H,7,11H2,1-6H3. The Morgan fingerprint density at radius 3 is 2.28 bits per heavy atom. The lowest BCUT2D eigenvalue weighted by Crippen LogP contribution is -2.18. The van der Waals surface area contributed by atoms with Crippen molar-refractivity contribution in [2.75, 3.05) is 13.1 Å². The molecule has 0 amide bonds. The lowest BCUT2D eigenvalue weighted by atomic mass is 9.95. The van der Waals surface area contributed by atoms with Gasteiger partial charge < -0.3 is 5.32 Å². The van der Waals surface area contributed by atoms with E-state index < -0.39 is 0 Å². The van der Waals surface area contributed by atoms with Crippen LogP contribution < -0.4 is 5.32 Å². The third kappa shape index (κ3) is 3.99. The van der Waals surface area contributed by atoms with Crippen LogP contribution in [0.1, 0.15) is 43.0 Å². The molecule has 1 heteroatoms. The Labute approximate surface area is 112 Å². The van der Waals surface area contributed by atoms with E-state index in [0.29, 0.717) is 5.92 Å². The molecule has 1 nitrogen and oxygen atoms in total. The van der Waals surface area contributed by atoms with Gasteiger partial charge in [-0.2, -0.15) is 0 Å². The Hall–Kier alpha value is -1.08. The first-order valence-electron chi connectivity index (χ1n) is 6.94. The fourth-order valence-corrected chi connectivity index (χ4v) is 2.03. The lowest BCUT2D eigenvalue weighted by molar-refractivity contribution is 0.682. The highest BCUT2D eigenvalue weighted by Crippen LogP contribution is 2.20. The van der Waals surface area contributed by atoms with Crippen molar-refractivity contribution >= 4 is 6.08 Å². The van der Waals surface area contributed by atoms with Crippen LogP contribution >= 0.6 is 0 Å². The minimum atomic E-state index is 0.588. The van der Waals surface area contributed by atoms with Crippen LogP contribution in [0.3, 0.4) is 0 Å². The molecule has 0 spiro atoms. The van der Waals surface area contributed by atoms with Crippen molar-refractivity contribution in [1.82, 2.24) is 5.32 Å². The second-order valence-electron chi connectivity index (χ2n) is 5.45. The van der Waals surface area contributed by atoms with Gasteiger partial charge in [0.15, 0.2) is 0 Å². The third-order valence-electron chi connectivity index (χ3n) is 3.54. The number of nitrogens with one attached hydrogen (secondary N) is 1. The zero-order valence-corrected chi connectivity index (χ0v) is 12.7. The van der Waals surface area contributed by atoms with E-state index >= 15 is 0 Å². The summed E-state index contributed by atoms with van der Waals surface area (Å²) in [6, 6.07) is 4.59. The quantitative estimate of drug-likeness (QED) is 0.817. The predicted molar refractivity (Wildman–Crippen MR) is 82.0 cm³/mol. The highest BCUT2D eigenvalue weighted by atomic mass is 14.8. The number of likely N-dealkylation sites (N-methyl/N-ethyl adjacent to an activating group) is 1. The number of rotatable bonds is 5. The van der Waals surface area contributed by atoms with Gasteiger partial charge in [0.1, 0.15) is 0 Å². The molecule has 1 N–H and O–H groups in total. The van der Waals surface area contributed by atoms with Gasteiger partial charge in [0, 0.05) is 6.54 Å². The molecule has 0 bridgehead atoms. The van der Waals surface area contributed by atoms with E-state index in [-0.39, 0.29) is 0 Å². The maximum absolute atomic E-state index is 3.43. The van der Waals surface area contributed by atoms with Crippen LogP contribution in [-0.4, -0.2) is 13.1 Å². The predicted octanol–water partition coefficient (Wildman–Crippen LogP) is 4.26. The molecule has 0 aliphatic heterocycles. The Balaban J connectivity index is 3.07. The highest BCUT2D eigenvalue weighted by molar-refractivity contribution is 5.59. The molecule has 0 aliphatic carbocycles. The summed E-state index contributed by atoms with van der Waals surface area (Å²) in [6.45, 7) is 15.3. The summed E-state index contributed by atoms with van der Waals surface area (Å²) < 4.78 is 0. The van der Waals surface area contributed by atoms with Gasteiger partial charge in [-0.25, -0.2) is 0 Å². The van der Waals surface area contributed by atoms with Crippen LogP contribution in [0.15, 0.2) is 17.7 Å². The van der Waals surface area contributed by atoms with Crippen molar-refractivity contribution in [2.45, 2.75) is 41.5 Å². The smallest absolute Gasteiger partial charge is 0.0170 e. The second kappa shape index (κ2) is 6.75. The molecular weight excluding hydrogens is 218 g/mol. The summed E-state index contributed by atoms with van der Waals surface area (Å²) in [4.78, 5) is 0. The maximum atomic E-state index is 3.43. The lowest BCUT2D eigenvalue weighted by Gasteiger charge is -2.14. The summed E-state index contributed by atoms with van der Waals surface area (Å²) >= 11 is 0. The first kappa shape index (κ1) is 15.0. The van der Waals surface area contributed by atoms with Crippen molar-refractivity contribution in [3.8, 4) is 0 Å². The zero-order chi connectivity index (χ0) is 13.7. The van der Waals surface area contributed by atoms with E-state index in [2.05, 4.69) is 65.1 Å². The average molecular weight is 245 g/mol. The van der Waals surface area contributed by atoms with Crippen molar-refractivity contribution < 1.29 is 0 Å². The highest BCUT2D eigenvalue weighted by Gasteiger charge is 2.05. The van der Waals surface area contributed by atoms with Crippen molar-refractivity contribution in [2.24, 2.45) is 5.92 Å². The van der Waals surface area contributed by atoms with Gasteiger partial charge in [0.2, 0.25) is 0 Å². The second-order valence-corrected chi connectivity index (χ2v) is 5.45. The van der Waals surface area contributed by atoms with Crippen molar-refractivity contribution in [1.29, 1.82) is 0 Å². The van der Waals surface area contributed by atoms with Crippen LogP contribution in [0.5, 0.6) is 0 Å². The summed E-state index contributed by atoms with van der Waals surface area (Å²) in [5.74, 6) is 0.588. The van der Waals surface area contributed by atoms with E-state index in [1.807, 2.05) is 0 Å². The summed E-state index contributed by atoms with van der Waals surface area (Å²) in [7, 11) is 0. The molecule has 0 aromatic heterocycles. The molecule has 100 valence electrons. The van der Waals surface area contributed by atoms with E-state index in [9.17, 15) is 0 Å². The molecule has 0 saturated heterocycles. The maximum Gasteiger partial charge on any atom is 0.0170 e. The number of benzene rings is 1. The molecule has 0 fully saturated rings. The Morgan fingerprint density at radius 1 is 1.11 bits per heavy atom. The van der Waals surface area contributed by atoms with Gasteiger partial charge >= 0.3 is 0 Å². The van der Waals surface area contributed by atoms with Crippen LogP contribution in [0.4, 0.5) is 0 Å². The van der Waals surface area contributed by atoms with Crippen LogP contribution in [0, 0.1) is 26.7 Å².